The van der Waals surface area contributed by atoms with Crippen LogP contribution in [-0.2, 0) is 6.54 Å². The first-order valence-electron chi connectivity index (χ1n) is 7.12. The van der Waals surface area contributed by atoms with Crippen LogP contribution in [0.2, 0.25) is 0 Å². The van der Waals surface area contributed by atoms with Crippen molar-refractivity contribution in [3.05, 3.63) is 42.1 Å². The summed E-state index contributed by atoms with van der Waals surface area (Å²) in [6, 6.07) is 12.6. The predicted molar refractivity (Wildman–Crippen MR) is 82.1 cm³/mol. The maximum Gasteiger partial charge on any atom is 0.0746 e. The zero-order valence-corrected chi connectivity index (χ0v) is 12.2. The van der Waals surface area contributed by atoms with Crippen molar-refractivity contribution in [2.45, 2.75) is 26.8 Å². The van der Waals surface area contributed by atoms with E-state index in [2.05, 4.69) is 54.1 Å². The summed E-state index contributed by atoms with van der Waals surface area (Å²) in [5.74, 6) is 0.594. The average molecular weight is 267 g/mol. The number of hydrogen-bond acceptors (Lipinski definition) is 3. The van der Waals surface area contributed by atoms with E-state index < -0.39 is 0 Å². The molecule has 20 heavy (non-hydrogen) atoms. The normalized spacial score (nSPS) is 11.2. The van der Waals surface area contributed by atoms with Gasteiger partial charge in [-0.2, -0.15) is 5.26 Å². The van der Waals surface area contributed by atoms with Gasteiger partial charge in [0.05, 0.1) is 11.6 Å². The number of fused-ring (bicyclic) bond motifs is 1. The molecule has 0 amide bonds. The largest absolute Gasteiger partial charge is 0.298 e. The third-order valence-electron chi connectivity index (χ3n) is 3.27. The monoisotopic (exact) mass is 267 g/mol. The van der Waals surface area contributed by atoms with Crippen molar-refractivity contribution in [2.24, 2.45) is 5.92 Å². The Kier molecular flexibility index (Phi) is 5.09. The second-order valence-electron chi connectivity index (χ2n) is 5.53. The van der Waals surface area contributed by atoms with Crippen molar-refractivity contribution in [3.63, 3.8) is 0 Å². The SMILES string of the molecule is CC(C)CN(CCC#N)Cc1cccc2cccnc12. The van der Waals surface area contributed by atoms with Crippen molar-refractivity contribution in [1.29, 1.82) is 5.26 Å². The molecule has 0 saturated heterocycles. The lowest BCUT2D eigenvalue weighted by atomic mass is 10.1. The lowest BCUT2D eigenvalue weighted by Crippen LogP contribution is -2.28. The van der Waals surface area contributed by atoms with E-state index in [9.17, 15) is 0 Å². The number of aromatic nitrogens is 1. The van der Waals surface area contributed by atoms with Gasteiger partial charge in [0.1, 0.15) is 0 Å². The van der Waals surface area contributed by atoms with Crippen LogP contribution in [0.15, 0.2) is 36.5 Å². The second-order valence-corrected chi connectivity index (χ2v) is 5.53. The van der Waals surface area contributed by atoms with Gasteiger partial charge in [-0.25, -0.2) is 0 Å². The zero-order valence-electron chi connectivity index (χ0n) is 12.2. The topological polar surface area (TPSA) is 39.9 Å². The Labute approximate surface area is 120 Å². The molecule has 0 radical (unpaired) electrons. The number of hydrogen-bond donors (Lipinski definition) is 0. The van der Waals surface area contributed by atoms with Crippen LogP contribution in [0.4, 0.5) is 0 Å². The van der Waals surface area contributed by atoms with Crippen molar-refractivity contribution in [3.8, 4) is 6.07 Å². The van der Waals surface area contributed by atoms with Crippen molar-refractivity contribution in [2.75, 3.05) is 13.1 Å². The zero-order chi connectivity index (χ0) is 14.4. The summed E-state index contributed by atoms with van der Waals surface area (Å²) in [5.41, 5.74) is 2.31. The maximum atomic E-state index is 8.80. The van der Waals surface area contributed by atoms with Gasteiger partial charge in [0.2, 0.25) is 0 Å². The van der Waals surface area contributed by atoms with Crippen molar-refractivity contribution in [1.82, 2.24) is 9.88 Å². The van der Waals surface area contributed by atoms with Crippen LogP contribution in [0.5, 0.6) is 0 Å². The Morgan fingerprint density at radius 3 is 2.80 bits per heavy atom. The number of para-hydroxylation sites is 1. The molecular formula is C17H21N3. The Balaban J connectivity index is 2.21. The molecule has 0 saturated carbocycles. The standard InChI is InChI=1S/C17H21N3/c1-14(2)12-20(11-5-9-18)13-16-7-3-6-15-8-4-10-19-17(15)16/h3-4,6-8,10,14H,5,11-13H2,1-2H3. The molecule has 2 aromatic rings. The van der Waals surface area contributed by atoms with Crippen LogP contribution in [0.1, 0.15) is 25.8 Å². The fraction of sp³-hybridized carbons (Fsp3) is 0.412. The molecule has 0 fully saturated rings. The third-order valence-corrected chi connectivity index (χ3v) is 3.27. The maximum absolute atomic E-state index is 8.80. The van der Waals surface area contributed by atoms with Crippen molar-refractivity contribution >= 4 is 10.9 Å². The summed E-state index contributed by atoms with van der Waals surface area (Å²) in [6.07, 6.45) is 2.42. The van der Waals surface area contributed by atoms with Gasteiger partial charge in [0.25, 0.3) is 0 Å². The van der Waals surface area contributed by atoms with E-state index in [-0.39, 0.29) is 0 Å². The van der Waals surface area contributed by atoms with Gasteiger partial charge in [-0.15, -0.1) is 0 Å². The first-order chi connectivity index (χ1) is 9.70. The number of pyridine rings is 1. The minimum atomic E-state index is 0.574. The summed E-state index contributed by atoms with van der Waals surface area (Å²) in [7, 11) is 0. The van der Waals surface area contributed by atoms with Gasteiger partial charge in [-0.1, -0.05) is 38.1 Å². The van der Waals surface area contributed by atoms with Gasteiger partial charge >= 0.3 is 0 Å². The van der Waals surface area contributed by atoms with Crippen LogP contribution in [0.25, 0.3) is 10.9 Å². The van der Waals surface area contributed by atoms with Crippen LogP contribution < -0.4 is 0 Å². The first kappa shape index (κ1) is 14.5. The molecule has 104 valence electrons. The molecule has 1 aromatic heterocycles. The van der Waals surface area contributed by atoms with Gasteiger partial charge in [-0.05, 0) is 17.5 Å². The minimum Gasteiger partial charge on any atom is -0.298 e. The molecule has 0 atom stereocenters. The minimum absolute atomic E-state index is 0.574. The van der Waals surface area contributed by atoms with Crippen LogP contribution in [0, 0.1) is 17.2 Å². The molecule has 0 aliphatic carbocycles. The predicted octanol–water partition coefficient (Wildman–Crippen LogP) is 3.61. The Bertz CT molecular complexity index is 593. The Hall–Kier alpha value is -1.92. The highest BCUT2D eigenvalue weighted by Gasteiger charge is 2.10. The summed E-state index contributed by atoms with van der Waals surface area (Å²) >= 11 is 0. The van der Waals surface area contributed by atoms with Gasteiger partial charge in [0.15, 0.2) is 0 Å². The summed E-state index contributed by atoms with van der Waals surface area (Å²) in [6.45, 7) is 7.10. The van der Waals surface area contributed by atoms with E-state index in [1.165, 1.54) is 10.9 Å². The molecule has 0 bridgehead atoms. The number of nitrogens with zero attached hydrogens (tertiary/aromatic N) is 3. The van der Waals surface area contributed by atoms with E-state index >= 15 is 0 Å². The fourth-order valence-corrected chi connectivity index (χ4v) is 2.50. The molecule has 3 nitrogen and oxygen atoms in total. The average Bonchev–Trinajstić information content (AvgIpc) is 2.44. The van der Waals surface area contributed by atoms with Gasteiger partial charge in [0, 0.05) is 37.6 Å². The summed E-state index contributed by atoms with van der Waals surface area (Å²) in [4.78, 5) is 6.85. The van der Waals surface area contributed by atoms with E-state index in [4.69, 9.17) is 5.26 Å². The number of nitriles is 1. The Morgan fingerprint density at radius 2 is 2.05 bits per heavy atom. The molecule has 0 unspecified atom stereocenters. The van der Waals surface area contributed by atoms with Crippen LogP contribution >= 0.6 is 0 Å². The van der Waals surface area contributed by atoms with E-state index in [1.807, 2.05) is 12.3 Å². The van der Waals surface area contributed by atoms with Gasteiger partial charge in [-0.3, -0.25) is 9.88 Å². The molecule has 0 spiro atoms. The second kappa shape index (κ2) is 7.02. The first-order valence-corrected chi connectivity index (χ1v) is 7.12. The van der Waals surface area contributed by atoms with E-state index in [0.717, 1.165) is 25.2 Å². The van der Waals surface area contributed by atoms with Crippen LogP contribution in [0.3, 0.4) is 0 Å². The van der Waals surface area contributed by atoms with Crippen molar-refractivity contribution < 1.29 is 0 Å². The lowest BCUT2D eigenvalue weighted by Gasteiger charge is -2.23. The molecular weight excluding hydrogens is 246 g/mol. The highest BCUT2D eigenvalue weighted by molar-refractivity contribution is 5.81. The van der Waals surface area contributed by atoms with Crippen LogP contribution in [-0.4, -0.2) is 23.0 Å². The molecule has 3 heteroatoms. The van der Waals surface area contributed by atoms with Gasteiger partial charge < -0.3 is 0 Å². The molecule has 1 heterocycles. The molecule has 0 aliphatic heterocycles. The number of rotatable bonds is 6. The number of benzene rings is 1. The molecule has 2 rings (SSSR count). The highest BCUT2D eigenvalue weighted by Crippen LogP contribution is 2.18. The Morgan fingerprint density at radius 1 is 1.25 bits per heavy atom. The lowest BCUT2D eigenvalue weighted by molar-refractivity contribution is 0.242. The molecule has 0 aliphatic rings. The summed E-state index contributed by atoms with van der Waals surface area (Å²) < 4.78 is 0. The smallest absolute Gasteiger partial charge is 0.0746 e. The molecule has 1 aromatic carbocycles. The fourth-order valence-electron chi connectivity index (χ4n) is 2.50. The highest BCUT2D eigenvalue weighted by atomic mass is 15.1. The summed E-state index contributed by atoms with van der Waals surface area (Å²) in [5, 5.41) is 9.97. The molecule has 0 N–H and O–H groups in total. The van der Waals surface area contributed by atoms with E-state index in [1.54, 1.807) is 0 Å². The van der Waals surface area contributed by atoms with E-state index in [0.29, 0.717) is 12.3 Å². The third kappa shape index (κ3) is 3.79. The quantitative estimate of drug-likeness (QED) is 0.802.